The number of aliphatic imine (C=N–C) groups is 1. The molecule has 24 heavy (non-hydrogen) atoms. The van der Waals surface area contributed by atoms with Crippen LogP contribution in [0.5, 0.6) is 0 Å². The van der Waals surface area contributed by atoms with Crippen molar-refractivity contribution in [1.82, 2.24) is 10.2 Å². The molecule has 2 heterocycles. The quantitative estimate of drug-likeness (QED) is 0.712. The van der Waals surface area contributed by atoms with Crippen molar-refractivity contribution in [2.24, 2.45) is 4.99 Å². The Hall–Kier alpha value is -2.40. The van der Waals surface area contributed by atoms with Gasteiger partial charge in [-0.25, -0.2) is 0 Å². The van der Waals surface area contributed by atoms with E-state index in [9.17, 15) is 4.79 Å². The number of aliphatic hydroxyl groups is 1. The van der Waals surface area contributed by atoms with Crippen molar-refractivity contribution in [3.05, 3.63) is 51.4 Å². The Balaban J connectivity index is 1.75. The molecular formula is C19H21N3O2. The predicted octanol–water partition coefficient (Wildman–Crippen LogP) is 3.37. The van der Waals surface area contributed by atoms with E-state index in [1.54, 1.807) is 0 Å². The lowest BCUT2D eigenvalue weighted by molar-refractivity contribution is 0.285. The molecule has 5 nitrogen and oxygen atoms in total. The first kappa shape index (κ1) is 15.1. The van der Waals surface area contributed by atoms with Crippen LogP contribution in [0.1, 0.15) is 54.8 Å². The van der Waals surface area contributed by atoms with Crippen LogP contribution in [-0.2, 0) is 0 Å². The van der Waals surface area contributed by atoms with Gasteiger partial charge in [0, 0.05) is 35.1 Å². The molecule has 1 aromatic carbocycles. The number of aromatic nitrogens is 2. The molecule has 3 N–H and O–H groups in total. The van der Waals surface area contributed by atoms with Gasteiger partial charge in [-0.1, -0.05) is 18.2 Å². The zero-order valence-corrected chi connectivity index (χ0v) is 13.5. The number of aliphatic hydroxyl groups excluding tert-OH is 1. The van der Waals surface area contributed by atoms with Gasteiger partial charge in [0.25, 0.3) is 5.56 Å². The summed E-state index contributed by atoms with van der Waals surface area (Å²) in [6.45, 7) is 0.197. The van der Waals surface area contributed by atoms with Crippen LogP contribution in [0.4, 0.5) is 5.69 Å². The topological polar surface area (TPSA) is 81.2 Å². The smallest absolute Gasteiger partial charge is 0.271 e. The summed E-state index contributed by atoms with van der Waals surface area (Å²) < 4.78 is 0. The second-order valence-corrected chi connectivity index (χ2v) is 6.50. The van der Waals surface area contributed by atoms with E-state index in [1.165, 1.54) is 0 Å². The van der Waals surface area contributed by atoms with Crippen molar-refractivity contribution in [1.29, 1.82) is 0 Å². The minimum atomic E-state index is -0.0662. The van der Waals surface area contributed by atoms with Crippen LogP contribution in [0, 0.1) is 0 Å². The maximum atomic E-state index is 12.2. The van der Waals surface area contributed by atoms with Gasteiger partial charge in [-0.3, -0.25) is 14.9 Å². The third-order valence-corrected chi connectivity index (χ3v) is 4.70. The molecule has 1 aliphatic carbocycles. The van der Waals surface area contributed by atoms with Crippen LogP contribution in [0.3, 0.4) is 0 Å². The summed E-state index contributed by atoms with van der Waals surface area (Å²) in [5, 5.41) is 14.8. The van der Waals surface area contributed by atoms with Gasteiger partial charge < -0.3 is 10.2 Å². The van der Waals surface area contributed by atoms with Gasteiger partial charge in [-0.05, 0) is 44.2 Å². The van der Waals surface area contributed by atoms with Crippen LogP contribution in [0.25, 0.3) is 11.6 Å². The van der Waals surface area contributed by atoms with E-state index >= 15 is 0 Å². The summed E-state index contributed by atoms with van der Waals surface area (Å²) in [4.78, 5) is 17.0. The highest BCUT2D eigenvalue weighted by atomic mass is 16.2. The zero-order valence-electron chi connectivity index (χ0n) is 13.5. The van der Waals surface area contributed by atoms with Gasteiger partial charge >= 0.3 is 0 Å². The van der Waals surface area contributed by atoms with E-state index in [4.69, 9.17) is 10.1 Å². The molecule has 0 amide bonds. The van der Waals surface area contributed by atoms with Crippen LogP contribution in [0.2, 0.25) is 0 Å². The van der Waals surface area contributed by atoms with Gasteiger partial charge in [0.15, 0.2) is 0 Å². The van der Waals surface area contributed by atoms with E-state index in [0.717, 1.165) is 65.9 Å². The number of para-hydroxylation sites is 1. The number of H-pyrrole nitrogens is 2. The van der Waals surface area contributed by atoms with Crippen LogP contribution < -0.4 is 5.56 Å². The Kier molecular flexibility index (Phi) is 3.94. The first-order valence-electron chi connectivity index (χ1n) is 8.58. The molecule has 2 aromatic rings. The summed E-state index contributed by atoms with van der Waals surface area (Å²) in [6, 6.07) is 8.05. The summed E-state index contributed by atoms with van der Waals surface area (Å²) in [5.41, 5.74) is 5.78. The maximum absolute atomic E-state index is 12.2. The first-order valence-corrected chi connectivity index (χ1v) is 8.58. The third-order valence-electron chi connectivity index (χ3n) is 4.70. The number of hydrogen-bond donors (Lipinski definition) is 3. The number of fused-ring (bicyclic) bond motifs is 1. The highest BCUT2D eigenvalue weighted by Crippen LogP contribution is 2.42. The molecule has 0 saturated heterocycles. The van der Waals surface area contributed by atoms with Gasteiger partial charge in [-0.2, -0.15) is 0 Å². The number of hydrogen-bond acceptors (Lipinski definition) is 3. The number of unbranched alkanes of at least 4 members (excludes halogenated alkanes) is 1. The highest BCUT2D eigenvalue weighted by molar-refractivity contribution is 6.32. The van der Waals surface area contributed by atoms with Gasteiger partial charge in [0.1, 0.15) is 0 Å². The van der Waals surface area contributed by atoms with Gasteiger partial charge in [0.2, 0.25) is 0 Å². The van der Waals surface area contributed by atoms with E-state index in [0.29, 0.717) is 5.92 Å². The van der Waals surface area contributed by atoms with E-state index < -0.39 is 0 Å². The van der Waals surface area contributed by atoms with Crippen molar-refractivity contribution >= 4 is 23.0 Å². The molecule has 0 bridgehead atoms. The molecule has 0 spiro atoms. The van der Waals surface area contributed by atoms with Crippen molar-refractivity contribution in [3.8, 4) is 0 Å². The monoisotopic (exact) mass is 323 g/mol. The van der Waals surface area contributed by atoms with Crippen molar-refractivity contribution in [3.63, 3.8) is 0 Å². The number of rotatable bonds is 6. The summed E-state index contributed by atoms with van der Waals surface area (Å²) in [5.74, 6) is 0.474. The minimum absolute atomic E-state index is 0.0662. The molecule has 1 aromatic heterocycles. The Labute approximate surface area is 140 Å². The lowest BCUT2D eigenvalue weighted by atomic mass is 9.97. The Bertz CT molecular complexity index is 869. The summed E-state index contributed by atoms with van der Waals surface area (Å²) in [7, 11) is 0. The SMILES string of the molecule is O=c1[nH][nH]c(C2CC2)c1C=C1C(CCCCO)=Nc2ccccc21. The lowest BCUT2D eigenvalue weighted by Crippen LogP contribution is -2.05. The normalized spacial score (nSPS) is 18.0. The largest absolute Gasteiger partial charge is 0.396 e. The van der Waals surface area contributed by atoms with Crippen LogP contribution >= 0.6 is 0 Å². The fourth-order valence-electron chi connectivity index (χ4n) is 3.28. The average Bonchev–Trinajstić information content (AvgIpc) is 3.29. The van der Waals surface area contributed by atoms with Crippen molar-refractivity contribution in [2.45, 2.75) is 38.0 Å². The fraction of sp³-hybridized carbons (Fsp3) is 0.368. The second kappa shape index (κ2) is 6.24. The molecule has 0 unspecified atom stereocenters. The maximum Gasteiger partial charge on any atom is 0.271 e. The van der Waals surface area contributed by atoms with E-state index in [-0.39, 0.29) is 12.2 Å². The third kappa shape index (κ3) is 2.76. The zero-order chi connectivity index (χ0) is 16.5. The van der Waals surface area contributed by atoms with Crippen LogP contribution in [0.15, 0.2) is 34.1 Å². The van der Waals surface area contributed by atoms with E-state index in [2.05, 4.69) is 16.3 Å². The highest BCUT2D eigenvalue weighted by Gasteiger charge is 2.29. The molecule has 4 rings (SSSR count). The lowest BCUT2D eigenvalue weighted by Gasteiger charge is -2.05. The molecule has 1 aliphatic heterocycles. The Morgan fingerprint density at radius 2 is 2.04 bits per heavy atom. The van der Waals surface area contributed by atoms with E-state index in [1.807, 2.05) is 24.3 Å². The van der Waals surface area contributed by atoms with Crippen LogP contribution in [-0.4, -0.2) is 27.6 Å². The Morgan fingerprint density at radius 3 is 2.83 bits per heavy atom. The number of nitrogens with one attached hydrogen (secondary N) is 2. The summed E-state index contributed by atoms with van der Waals surface area (Å²) >= 11 is 0. The van der Waals surface area contributed by atoms with Gasteiger partial charge in [0.05, 0.1) is 11.3 Å². The minimum Gasteiger partial charge on any atom is -0.396 e. The van der Waals surface area contributed by atoms with Crippen molar-refractivity contribution in [2.75, 3.05) is 6.61 Å². The molecule has 0 atom stereocenters. The molecule has 124 valence electrons. The van der Waals surface area contributed by atoms with Gasteiger partial charge in [-0.15, -0.1) is 0 Å². The number of aromatic amines is 2. The standard InChI is InChI=1S/C19H21N3O2/c23-10-4-3-7-17-14(13-5-1-2-6-16(13)20-17)11-15-18(12-8-9-12)21-22-19(15)24/h1-2,5-6,11-12,23H,3-4,7-10H2,(H2,21,22,24). The Morgan fingerprint density at radius 1 is 1.21 bits per heavy atom. The molecule has 1 saturated carbocycles. The van der Waals surface area contributed by atoms with Crippen molar-refractivity contribution < 1.29 is 5.11 Å². The number of nitrogens with zero attached hydrogens (tertiary/aromatic N) is 1. The molecule has 5 heteroatoms. The first-order chi connectivity index (χ1) is 11.8. The molecule has 2 aliphatic rings. The molecular weight excluding hydrogens is 302 g/mol. The summed E-state index contributed by atoms with van der Waals surface area (Å²) in [6.07, 6.45) is 6.73. The fourth-order valence-corrected chi connectivity index (χ4v) is 3.28. The predicted molar refractivity (Wildman–Crippen MR) is 95.7 cm³/mol. The second-order valence-electron chi connectivity index (χ2n) is 6.50. The molecule has 1 fully saturated rings. The number of benzene rings is 1. The molecule has 0 radical (unpaired) electrons. The average molecular weight is 323 g/mol. The number of allylic oxidation sites excluding steroid dienone is 1.